The molecule has 1 aliphatic rings. The highest BCUT2D eigenvalue weighted by Crippen LogP contribution is 2.19. The molecule has 0 aliphatic carbocycles. The van der Waals surface area contributed by atoms with Crippen molar-refractivity contribution in [2.24, 2.45) is 5.92 Å². The fourth-order valence-corrected chi connectivity index (χ4v) is 3.04. The molecule has 1 saturated heterocycles. The molecular weight excluding hydrogens is 332 g/mol. The Morgan fingerprint density at radius 3 is 2.35 bits per heavy atom. The van der Waals surface area contributed by atoms with E-state index in [1.54, 1.807) is 6.92 Å². The third-order valence-electron chi connectivity index (χ3n) is 4.63. The normalized spacial score (nSPS) is 14.8. The maximum atomic E-state index is 12.3. The number of nitrogens with one attached hydrogen (secondary N) is 1. The molecule has 6 nitrogen and oxygen atoms in total. The van der Waals surface area contributed by atoms with Gasteiger partial charge in [-0.2, -0.15) is 0 Å². The van der Waals surface area contributed by atoms with Gasteiger partial charge in [-0.3, -0.25) is 14.4 Å². The van der Waals surface area contributed by atoms with Gasteiger partial charge in [-0.15, -0.1) is 0 Å². The minimum atomic E-state index is -0.638. The summed E-state index contributed by atoms with van der Waals surface area (Å²) in [5.41, 5.74) is 1.84. The van der Waals surface area contributed by atoms with Crippen LogP contribution in [0.4, 0.5) is 5.69 Å². The number of benzene rings is 1. The molecule has 0 atom stereocenters. The molecule has 0 spiro atoms. The molecule has 2 amide bonds. The SMILES string of the molecule is CCCCc1ccc(NC(=O)C(=O)N2CCC(C(=O)OCC)CC2)cc1. The third kappa shape index (κ3) is 5.58. The summed E-state index contributed by atoms with van der Waals surface area (Å²) in [6, 6.07) is 7.59. The van der Waals surface area contributed by atoms with E-state index >= 15 is 0 Å². The molecule has 1 aromatic carbocycles. The molecule has 1 aliphatic heterocycles. The van der Waals surface area contributed by atoms with E-state index in [1.807, 2.05) is 24.3 Å². The van der Waals surface area contributed by atoms with Gasteiger partial charge in [0.05, 0.1) is 12.5 Å². The number of rotatable bonds is 6. The number of piperidine rings is 1. The number of carbonyl (C=O) groups is 3. The van der Waals surface area contributed by atoms with Crippen LogP contribution in [0.3, 0.4) is 0 Å². The molecule has 1 N–H and O–H groups in total. The zero-order valence-corrected chi connectivity index (χ0v) is 15.6. The fraction of sp³-hybridized carbons (Fsp3) is 0.550. The molecule has 1 heterocycles. The van der Waals surface area contributed by atoms with Crippen LogP contribution in [0.25, 0.3) is 0 Å². The molecule has 1 fully saturated rings. The lowest BCUT2D eigenvalue weighted by atomic mass is 9.97. The first-order valence-corrected chi connectivity index (χ1v) is 9.41. The van der Waals surface area contributed by atoms with Crippen molar-refractivity contribution >= 4 is 23.5 Å². The average Bonchev–Trinajstić information content (AvgIpc) is 2.67. The Morgan fingerprint density at radius 1 is 1.12 bits per heavy atom. The third-order valence-corrected chi connectivity index (χ3v) is 4.63. The predicted molar refractivity (Wildman–Crippen MR) is 99.6 cm³/mol. The molecule has 142 valence electrons. The van der Waals surface area contributed by atoms with E-state index in [1.165, 1.54) is 10.5 Å². The number of carbonyl (C=O) groups excluding carboxylic acids is 3. The summed E-state index contributed by atoms with van der Waals surface area (Å²) in [4.78, 5) is 37.7. The van der Waals surface area contributed by atoms with Gasteiger partial charge >= 0.3 is 17.8 Å². The van der Waals surface area contributed by atoms with Crippen LogP contribution < -0.4 is 5.32 Å². The van der Waals surface area contributed by atoms with Crippen LogP contribution in [-0.4, -0.2) is 42.4 Å². The first kappa shape index (κ1) is 19.9. The number of anilines is 1. The predicted octanol–water partition coefficient (Wildman–Crippen LogP) is 2.77. The molecular formula is C20H28N2O4. The number of nitrogens with zero attached hydrogens (tertiary/aromatic N) is 1. The number of esters is 1. The minimum Gasteiger partial charge on any atom is -0.466 e. The summed E-state index contributed by atoms with van der Waals surface area (Å²) in [7, 11) is 0. The minimum absolute atomic E-state index is 0.183. The molecule has 0 unspecified atom stereocenters. The topological polar surface area (TPSA) is 75.7 Å². The maximum Gasteiger partial charge on any atom is 0.313 e. The van der Waals surface area contributed by atoms with E-state index in [0.717, 1.165) is 19.3 Å². The Kier molecular flexibility index (Phi) is 7.63. The van der Waals surface area contributed by atoms with Crippen LogP contribution in [-0.2, 0) is 25.5 Å². The fourth-order valence-electron chi connectivity index (χ4n) is 3.04. The van der Waals surface area contributed by atoms with Crippen LogP contribution in [0.1, 0.15) is 45.1 Å². The van der Waals surface area contributed by atoms with Crippen molar-refractivity contribution in [2.45, 2.75) is 46.0 Å². The quantitative estimate of drug-likeness (QED) is 0.625. The molecule has 26 heavy (non-hydrogen) atoms. The first-order chi connectivity index (χ1) is 12.5. The van der Waals surface area contributed by atoms with Crippen LogP contribution in [0.2, 0.25) is 0 Å². The van der Waals surface area contributed by atoms with Crippen molar-refractivity contribution < 1.29 is 19.1 Å². The monoisotopic (exact) mass is 360 g/mol. The Balaban J connectivity index is 1.82. The van der Waals surface area contributed by atoms with Crippen molar-refractivity contribution in [1.82, 2.24) is 4.90 Å². The highest BCUT2D eigenvalue weighted by molar-refractivity contribution is 6.39. The molecule has 0 aromatic heterocycles. The maximum absolute atomic E-state index is 12.3. The van der Waals surface area contributed by atoms with Crippen molar-refractivity contribution in [2.75, 3.05) is 25.0 Å². The number of hydrogen-bond acceptors (Lipinski definition) is 4. The summed E-state index contributed by atoms with van der Waals surface area (Å²) in [6.07, 6.45) is 4.35. The first-order valence-electron chi connectivity index (χ1n) is 9.41. The van der Waals surface area contributed by atoms with Crippen molar-refractivity contribution in [3.05, 3.63) is 29.8 Å². The van der Waals surface area contributed by atoms with E-state index in [4.69, 9.17) is 4.74 Å². The smallest absolute Gasteiger partial charge is 0.313 e. The van der Waals surface area contributed by atoms with E-state index in [0.29, 0.717) is 38.2 Å². The largest absolute Gasteiger partial charge is 0.466 e. The van der Waals surface area contributed by atoms with Gasteiger partial charge in [-0.1, -0.05) is 25.5 Å². The highest BCUT2D eigenvalue weighted by atomic mass is 16.5. The summed E-state index contributed by atoms with van der Waals surface area (Å²) >= 11 is 0. The summed E-state index contributed by atoms with van der Waals surface area (Å²) in [5, 5.41) is 2.65. The van der Waals surface area contributed by atoms with Crippen LogP contribution >= 0.6 is 0 Å². The van der Waals surface area contributed by atoms with Crippen molar-refractivity contribution in [3.8, 4) is 0 Å². The lowest BCUT2D eigenvalue weighted by molar-refractivity contribution is -0.152. The lowest BCUT2D eigenvalue weighted by Gasteiger charge is -2.30. The van der Waals surface area contributed by atoms with Gasteiger partial charge in [0.1, 0.15) is 0 Å². The van der Waals surface area contributed by atoms with E-state index in [2.05, 4.69) is 12.2 Å². The molecule has 6 heteroatoms. The van der Waals surface area contributed by atoms with Gasteiger partial charge < -0.3 is 15.0 Å². The second-order valence-electron chi connectivity index (χ2n) is 6.57. The van der Waals surface area contributed by atoms with Crippen molar-refractivity contribution in [1.29, 1.82) is 0 Å². The highest BCUT2D eigenvalue weighted by Gasteiger charge is 2.30. The van der Waals surface area contributed by atoms with E-state index in [9.17, 15) is 14.4 Å². The number of aryl methyl sites for hydroxylation is 1. The van der Waals surface area contributed by atoms with E-state index in [-0.39, 0.29) is 11.9 Å². The summed E-state index contributed by atoms with van der Waals surface area (Å²) < 4.78 is 5.02. The average molecular weight is 360 g/mol. The van der Waals surface area contributed by atoms with Gasteiger partial charge in [0.2, 0.25) is 0 Å². The summed E-state index contributed by atoms with van der Waals surface area (Å²) in [5.74, 6) is -1.59. The van der Waals surface area contributed by atoms with Crippen LogP contribution in [0, 0.1) is 5.92 Å². The Labute approximate surface area is 154 Å². The number of unbranched alkanes of at least 4 members (excludes halogenated alkanes) is 1. The Bertz CT molecular complexity index is 619. The molecule has 2 rings (SSSR count). The van der Waals surface area contributed by atoms with Gasteiger partial charge in [0.15, 0.2) is 0 Å². The standard InChI is InChI=1S/C20H28N2O4/c1-3-5-6-15-7-9-17(10-8-15)21-18(23)19(24)22-13-11-16(12-14-22)20(25)26-4-2/h7-10,16H,3-6,11-14H2,1-2H3,(H,21,23). The lowest BCUT2D eigenvalue weighted by Crippen LogP contribution is -2.45. The molecule has 0 saturated carbocycles. The van der Waals surface area contributed by atoms with E-state index < -0.39 is 11.8 Å². The second-order valence-corrected chi connectivity index (χ2v) is 6.57. The van der Waals surface area contributed by atoms with Gasteiger partial charge in [0, 0.05) is 18.8 Å². The van der Waals surface area contributed by atoms with Gasteiger partial charge in [-0.05, 0) is 50.3 Å². The Morgan fingerprint density at radius 2 is 1.77 bits per heavy atom. The zero-order chi connectivity index (χ0) is 18.9. The van der Waals surface area contributed by atoms with Crippen LogP contribution in [0.5, 0.6) is 0 Å². The number of ether oxygens (including phenoxy) is 1. The number of hydrogen-bond donors (Lipinski definition) is 1. The van der Waals surface area contributed by atoms with Gasteiger partial charge in [-0.25, -0.2) is 0 Å². The Hall–Kier alpha value is -2.37. The number of likely N-dealkylation sites (tertiary alicyclic amines) is 1. The second kappa shape index (κ2) is 9.94. The number of amides is 2. The van der Waals surface area contributed by atoms with Crippen LogP contribution in [0.15, 0.2) is 24.3 Å². The molecule has 0 bridgehead atoms. The van der Waals surface area contributed by atoms with Crippen molar-refractivity contribution in [3.63, 3.8) is 0 Å². The summed E-state index contributed by atoms with van der Waals surface area (Å²) in [6.45, 7) is 5.07. The van der Waals surface area contributed by atoms with Gasteiger partial charge in [0.25, 0.3) is 0 Å². The molecule has 1 aromatic rings. The molecule has 0 radical (unpaired) electrons. The zero-order valence-electron chi connectivity index (χ0n) is 15.6.